The summed E-state index contributed by atoms with van der Waals surface area (Å²) in [5.74, 6) is -0.405. The molecule has 0 unspecified atom stereocenters. The van der Waals surface area contributed by atoms with Gasteiger partial charge in [0.15, 0.2) is 0 Å². The van der Waals surface area contributed by atoms with E-state index < -0.39 is 17.9 Å². The number of nitrogens with zero attached hydrogens (tertiary/aromatic N) is 1. The van der Waals surface area contributed by atoms with Crippen LogP contribution < -0.4 is 16.4 Å². The maximum Gasteiger partial charge on any atom is 0.325 e. The van der Waals surface area contributed by atoms with Gasteiger partial charge in [0.1, 0.15) is 22.1 Å². The summed E-state index contributed by atoms with van der Waals surface area (Å²) in [4.78, 5) is 34.3. The summed E-state index contributed by atoms with van der Waals surface area (Å²) in [7, 11) is 1.22. The zero-order chi connectivity index (χ0) is 17.2. The molecule has 128 valence electrons. The quantitative estimate of drug-likeness (QED) is 0.351. The number of thioether (sulfide) groups is 1. The number of aromatic nitrogens is 1. The molecule has 3 amide bonds. The molecule has 0 aliphatic carbocycles. The lowest BCUT2D eigenvalue weighted by atomic mass is 10.3. The number of carbonyl (C=O) groups is 3. The van der Waals surface area contributed by atoms with Crippen molar-refractivity contribution in [3.05, 3.63) is 5.56 Å². The van der Waals surface area contributed by atoms with Gasteiger partial charge in [0.2, 0.25) is 0 Å². The molecular formula is C13H20N4O4S2. The summed E-state index contributed by atoms with van der Waals surface area (Å²) in [5, 5.41) is 5.57. The van der Waals surface area contributed by atoms with Crippen molar-refractivity contribution in [1.82, 2.24) is 9.69 Å². The van der Waals surface area contributed by atoms with E-state index in [-0.39, 0.29) is 17.1 Å². The molecule has 0 spiro atoms. The zero-order valence-corrected chi connectivity index (χ0v) is 14.6. The first-order valence-electron chi connectivity index (χ1n) is 7.03. The highest BCUT2D eigenvalue weighted by atomic mass is 32.2. The van der Waals surface area contributed by atoms with Crippen molar-refractivity contribution in [3.8, 4) is 0 Å². The molecule has 1 rings (SSSR count). The van der Waals surface area contributed by atoms with Gasteiger partial charge >= 0.3 is 12.0 Å². The number of hydrogen-bond donors (Lipinski definition) is 3. The first kappa shape index (κ1) is 19.2. The molecule has 10 heteroatoms. The van der Waals surface area contributed by atoms with Gasteiger partial charge in [-0.1, -0.05) is 19.8 Å². The van der Waals surface area contributed by atoms with Gasteiger partial charge in [-0.25, -0.2) is 4.79 Å². The lowest BCUT2D eigenvalue weighted by Crippen LogP contribution is -2.34. The summed E-state index contributed by atoms with van der Waals surface area (Å²) in [5.41, 5.74) is 5.58. The third-order valence-electron chi connectivity index (χ3n) is 2.74. The van der Waals surface area contributed by atoms with Crippen LogP contribution in [0.25, 0.3) is 0 Å². The first-order valence-corrected chi connectivity index (χ1v) is 8.79. The predicted molar refractivity (Wildman–Crippen MR) is 89.9 cm³/mol. The van der Waals surface area contributed by atoms with E-state index in [4.69, 9.17) is 5.73 Å². The lowest BCUT2D eigenvalue weighted by Gasteiger charge is -2.06. The number of nitrogens with one attached hydrogen (secondary N) is 2. The van der Waals surface area contributed by atoms with Crippen LogP contribution in [0.4, 0.5) is 9.80 Å². The third-order valence-corrected chi connectivity index (χ3v) is 4.68. The highest BCUT2D eigenvalue weighted by molar-refractivity contribution is 7.99. The normalized spacial score (nSPS) is 10.2. The monoisotopic (exact) mass is 360 g/mol. The van der Waals surface area contributed by atoms with E-state index in [1.165, 1.54) is 18.9 Å². The van der Waals surface area contributed by atoms with Crippen molar-refractivity contribution in [1.29, 1.82) is 0 Å². The number of hydrogen-bond acceptors (Lipinski definition) is 7. The van der Waals surface area contributed by atoms with Crippen molar-refractivity contribution in [3.63, 3.8) is 0 Å². The Kier molecular flexibility index (Phi) is 8.41. The van der Waals surface area contributed by atoms with Gasteiger partial charge in [-0.15, -0.1) is 11.8 Å². The van der Waals surface area contributed by atoms with Crippen LogP contribution in [0, 0.1) is 0 Å². The molecule has 0 aliphatic rings. The van der Waals surface area contributed by atoms with Crippen LogP contribution in [0.3, 0.4) is 0 Å². The second kappa shape index (κ2) is 10.1. The lowest BCUT2D eigenvalue weighted by molar-refractivity contribution is -0.139. The molecule has 0 aromatic carbocycles. The van der Waals surface area contributed by atoms with Crippen LogP contribution >= 0.6 is 23.3 Å². The largest absolute Gasteiger partial charge is 0.468 e. The number of anilines is 1. The minimum Gasteiger partial charge on any atom is -0.468 e. The maximum atomic E-state index is 11.7. The van der Waals surface area contributed by atoms with Crippen LogP contribution in [0.5, 0.6) is 0 Å². The number of esters is 1. The van der Waals surface area contributed by atoms with Crippen molar-refractivity contribution in [2.45, 2.75) is 31.2 Å². The number of nitrogens with two attached hydrogens (primary N) is 1. The van der Waals surface area contributed by atoms with Gasteiger partial charge in [0, 0.05) is 0 Å². The number of amides is 3. The van der Waals surface area contributed by atoms with E-state index in [1.54, 1.807) is 0 Å². The number of unbranched alkanes of at least 4 members (excludes halogenated alkanes) is 2. The zero-order valence-electron chi connectivity index (χ0n) is 13.0. The van der Waals surface area contributed by atoms with E-state index >= 15 is 0 Å². The molecule has 0 fully saturated rings. The summed E-state index contributed by atoms with van der Waals surface area (Å²) in [6.45, 7) is 1.84. The average Bonchev–Trinajstić information content (AvgIpc) is 2.91. The molecule has 4 N–H and O–H groups in total. The summed E-state index contributed by atoms with van der Waals surface area (Å²) >= 11 is 2.41. The van der Waals surface area contributed by atoms with E-state index in [0.717, 1.165) is 36.5 Å². The Labute approximate surface area is 142 Å². The van der Waals surface area contributed by atoms with E-state index in [9.17, 15) is 14.4 Å². The Morgan fingerprint density at radius 1 is 1.35 bits per heavy atom. The Morgan fingerprint density at radius 3 is 2.70 bits per heavy atom. The SMILES string of the molecule is CCCCCSc1nsc(NC(=O)NCC(=O)OC)c1C(N)=O. The minimum absolute atomic E-state index is 0.199. The van der Waals surface area contributed by atoms with Gasteiger partial charge in [0.05, 0.1) is 7.11 Å². The van der Waals surface area contributed by atoms with Gasteiger partial charge in [-0.2, -0.15) is 4.37 Å². The second-order valence-electron chi connectivity index (χ2n) is 4.50. The Hall–Kier alpha value is -1.81. The maximum absolute atomic E-state index is 11.7. The molecule has 8 nitrogen and oxygen atoms in total. The molecule has 1 aromatic heterocycles. The fourth-order valence-corrected chi connectivity index (χ4v) is 3.54. The highest BCUT2D eigenvalue weighted by Crippen LogP contribution is 2.32. The predicted octanol–water partition coefficient (Wildman–Crippen LogP) is 1.82. The van der Waals surface area contributed by atoms with Crippen LogP contribution in [-0.2, 0) is 9.53 Å². The highest BCUT2D eigenvalue weighted by Gasteiger charge is 2.20. The molecule has 0 saturated carbocycles. The summed E-state index contributed by atoms with van der Waals surface area (Å²) in [6, 6.07) is -0.635. The molecule has 0 radical (unpaired) electrons. The van der Waals surface area contributed by atoms with Crippen molar-refractivity contribution in [2.75, 3.05) is 24.7 Å². The van der Waals surface area contributed by atoms with Crippen LogP contribution in [0.2, 0.25) is 0 Å². The third kappa shape index (κ3) is 6.45. The molecular weight excluding hydrogens is 340 g/mol. The molecule has 0 atom stereocenters. The van der Waals surface area contributed by atoms with E-state index in [0.29, 0.717) is 5.03 Å². The fourth-order valence-electron chi connectivity index (χ4n) is 1.57. The summed E-state index contributed by atoms with van der Waals surface area (Å²) < 4.78 is 8.58. The van der Waals surface area contributed by atoms with Crippen molar-refractivity contribution in [2.24, 2.45) is 5.73 Å². The van der Waals surface area contributed by atoms with Crippen molar-refractivity contribution >= 4 is 46.2 Å². The number of ether oxygens (including phenoxy) is 1. The van der Waals surface area contributed by atoms with Crippen LogP contribution in [-0.4, -0.2) is 41.7 Å². The van der Waals surface area contributed by atoms with E-state index in [2.05, 4.69) is 26.7 Å². The van der Waals surface area contributed by atoms with Crippen LogP contribution in [0.15, 0.2) is 5.03 Å². The molecule has 1 heterocycles. The smallest absolute Gasteiger partial charge is 0.325 e. The van der Waals surface area contributed by atoms with Gasteiger partial charge in [-0.3, -0.25) is 14.9 Å². The summed E-state index contributed by atoms with van der Waals surface area (Å²) in [6.07, 6.45) is 3.22. The van der Waals surface area contributed by atoms with Crippen LogP contribution in [0.1, 0.15) is 36.5 Å². The number of primary amides is 1. The number of carbonyl (C=O) groups excluding carboxylic acids is 3. The van der Waals surface area contributed by atoms with E-state index in [1.807, 2.05) is 0 Å². The van der Waals surface area contributed by atoms with Gasteiger partial charge in [0.25, 0.3) is 5.91 Å². The Morgan fingerprint density at radius 2 is 2.09 bits per heavy atom. The van der Waals surface area contributed by atoms with Crippen molar-refractivity contribution < 1.29 is 19.1 Å². The fraction of sp³-hybridized carbons (Fsp3) is 0.538. The average molecular weight is 360 g/mol. The number of urea groups is 1. The minimum atomic E-state index is -0.653. The molecule has 0 bridgehead atoms. The first-order chi connectivity index (χ1) is 11.0. The molecule has 0 aliphatic heterocycles. The number of rotatable bonds is 9. The van der Waals surface area contributed by atoms with Gasteiger partial charge in [-0.05, 0) is 23.7 Å². The molecule has 1 aromatic rings. The molecule has 23 heavy (non-hydrogen) atoms. The van der Waals surface area contributed by atoms with Gasteiger partial charge < -0.3 is 15.8 Å². The molecule has 0 saturated heterocycles. The Bertz CT molecular complexity index is 562. The standard InChI is InChI=1S/C13H20N4O4S2/c1-3-4-5-6-22-12-9(10(14)19)11(23-17-12)16-13(20)15-7-8(18)21-2/h3-7H2,1-2H3,(H2,14,19)(H2,15,16,20). The second-order valence-corrected chi connectivity index (χ2v) is 6.35. The number of methoxy groups -OCH3 is 1. The topological polar surface area (TPSA) is 123 Å². The Balaban J connectivity index is 2.67.